The lowest BCUT2D eigenvalue weighted by molar-refractivity contribution is -0.128. The number of allylic oxidation sites excluding steroid dienone is 1. The maximum atomic E-state index is 13.9. The van der Waals surface area contributed by atoms with Crippen LogP contribution in [0.4, 0.5) is 28.8 Å². The first-order valence-electron chi connectivity index (χ1n) is 40.2. The molecule has 3 fully saturated rings. The van der Waals surface area contributed by atoms with E-state index in [9.17, 15) is 28.8 Å². The third-order valence-corrected chi connectivity index (χ3v) is 20.8. The number of anilines is 5. The van der Waals surface area contributed by atoms with E-state index in [1.54, 1.807) is 137 Å². The number of aromatic nitrogens is 12. The number of benzene rings is 8. The van der Waals surface area contributed by atoms with Gasteiger partial charge in [-0.15, -0.1) is 0 Å². The second kappa shape index (κ2) is 38.1. The second-order valence-electron chi connectivity index (χ2n) is 29.6. The summed E-state index contributed by atoms with van der Waals surface area (Å²) in [6.07, 6.45) is 17.9. The highest BCUT2D eigenvalue weighted by Crippen LogP contribution is 2.35. The molecule has 3 aliphatic rings. The molecule has 14 aromatic rings. The first-order valence-corrected chi connectivity index (χ1v) is 40.2. The molecule has 2 aliphatic heterocycles. The second-order valence-corrected chi connectivity index (χ2v) is 29.6. The number of nitrogens with zero attached hydrogens (tertiary/aromatic N) is 16. The van der Waals surface area contributed by atoms with Crippen molar-refractivity contribution in [1.82, 2.24) is 72.0 Å². The molecule has 17 rings (SSSR count). The molecule has 31 nitrogen and oxygen atoms in total. The van der Waals surface area contributed by atoms with Crippen LogP contribution in [0.2, 0.25) is 0 Å². The van der Waals surface area contributed by atoms with Gasteiger partial charge in [-0.05, 0) is 211 Å². The number of hydrogen-bond acceptors (Lipinski definition) is 21. The fourth-order valence-electron chi connectivity index (χ4n) is 14.7. The van der Waals surface area contributed by atoms with E-state index < -0.39 is 0 Å². The molecule has 622 valence electrons. The number of carbonyl (C=O) groups excluding carboxylic acids is 3. The van der Waals surface area contributed by atoms with Crippen molar-refractivity contribution in [3.05, 3.63) is 310 Å². The zero-order chi connectivity index (χ0) is 85.5. The summed E-state index contributed by atoms with van der Waals surface area (Å²) in [5, 5.41) is 5.74. The summed E-state index contributed by atoms with van der Waals surface area (Å²) in [6.45, 7) is 14.2. The molecule has 1 saturated carbocycles. The van der Waals surface area contributed by atoms with Gasteiger partial charge < -0.3 is 56.6 Å². The van der Waals surface area contributed by atoms with Gasteiger partial charge in [-0.3, -0.25) is 37.6 Å². The molecule has 0 radical (unpaired) electrons. The van der Waals surface area contributed by atoms with Crippen LogP contribution in [-0.2, 0) is 19.1 Å². The van der Waals surface area contributed by atoms with Crippen LogP contribution < -0.4 is 59.1 Å². The van der Waals surface area contributed by atoms with Gasteiger partial charge in [0.1, 0.15) is 70.0 Å². The number of imidazole rings is 3. The molecule has 0 spiro atoms. The van der Waals surface area contributed by atoms with Crippen LogP contribution in [0.3, 0.4) is 0 Å². The third-order valence-electron chi connectivity index (χ3n) is 20.8. The Morgan fingerprint density at radius 3 is 1.37 bits per heavy atom. The van der Waals surface area contributed by atoms with E-state index in [4.69, 9.17) is 42.7 Å². The number of rotatable bonds is 25. The standard InChI is InChI=1S/C32H31N7O4.C31H31N7O3.C29H27N7O3/c1-37(25-16-18-42-20-25)17-6-11-28(40)36-22-7-5-8-24(19-22)39-31-29(30(33)34-21-35-31)38(32(39)41)23-12-14-27(15-13-23)43-26-9-3-2-4-10-26;1-3-18-36(2)19-8-13-27(39)35-22-9-7-10-24(20-22)38-30-28(29(32)33-21-34-30)37(31(38)40)23-14-16-26(17-15-23)41-25-11-5-4-6-12-25;1-31-24(16-19-9-10-19)28(37)34-15-5-6-21(17-34)36-27-25(26(30)32-18-33-27)35(29(36)38)20-11-13-23(14-12-20)39-22-7-3-2-4-8-22/h2-15,19,21,25H,16-18,20H2,1H3,(H,36,40)(H2,33,34,35);4-17,20-21H,3,18-19H2,1-2H3,(H,35,39)(H2,32,33,34);2-4,7-8,11-14,16,18-19,21H,5-6,9-10,15,17H2,(H2,30,32,33)/b11-6+;13-8+;24-16-/t25-;;21-/m0.1/s1. The SMILES string of the molecule is CCCN(C)C/C=C/C(=O)Nc1cccc(-n2c(=O)n(-c3ccc(Oc4ccccc4)cc3)c3c(N)ncnc32)c1.CN(C/C=C/C(=O)Nc1cccc(-n2c(=O)n(-c3ccc(Oc4ccccc4)cc3)c3c(N)ncnc32)c1)[C@H]1CCOC1.[C-]#[N+]/C(=C\C1CC1)C(=O)N1CCC[C@@H](n2c(=O)n(-c3ccc(Oc4ccccc4)cc3)c3c(N)ncnc32)C1. The monoisotopic (exact) mass is 1650 g/mol. The van der Waals surface area contributed by atoms with Crippen molar-refractivity contribution in [3.63, 3.8) is 0 Å². The quantitative estimate of drug-likeness (QED) is 0.0262. The van der Waals surface area contributed by atoms with Crippen molar-refractivity contribution >= 4 is 80.0 Å². The fraction of sp³-hybridized carbons (Fsp3) is 0.207. The Hall–Kier alpha value is -15.4. The lowest BCUT2D eigenvalue weighted by Gasteiger charge is -2.33. The van der Waals surface area contributed by atoms with Crippen molar-refractivity contribution in [2.75, 3.05) is 87.9 Å². The third kappa shape index (κ3) is 19.3. The number of nitrogens with two attached hydrogens (primary N) is 3. The van der Waals surface area contributed by atoms with Gasteiger partial charge in [0.05, 0.1) is 47.7 Å². The van der Waals surface area contributed by atoms with E-state index >= 15 is 0 Å². The maximum absolute atomic E-state index is 13.9. The molecule has 2 saturated heterocycles. The summed E-state index contributed by atoms with van der Waals surface area (Å²) >= 11 is 0. The summed E-state index contributed by atoms with van der Waals surface area (Å²) in [7, 11) is 4.02. The molecule has 8 heterocycles. The van der Waals surface area contributed by atoms with E-state index in [-0.39, 0.29) is 64.0 Å². The van der Waals surface area contributed by atoms with Gasteiger partial charge in [0.25, 0.3) is 5.91 Å². The summed E-state index contributed by atoms with van der Waals surface area (Å²) in [5.74, 6) is 4.02. The van der Waals surface area contributed by atoms with Crippen LogP contribution in [0.25, 0.3) is 66.8 Å². The molecule has 6 aromatic heterocycles. The average molecular weight is 1650 g/mol. The molecular formula is C92H89N21O10. The molecule has 123 heavy (non-hydrogen) atoms. The first-order chi connectivity index (χ1) is 59.9. The van der Waals surface area contributed by atoms with Gasteiger partial charge in [0.15, 0.2) is 34.4 Å². The number of carbonyl (C=O) groups is 3. The molecule has 2 atom stereocenters. The van der Waals surface area contributed by atoms with E-state index in [2.05, 4.69) is 62.1 Å². The van der Waals surface area contributed by atoms with Crippen molar-refractivity contribution in [3.8, 4) is 62.9 Å². The number of amides is 3. The average Bonchev–Trinajstić information content (AvgIpc) is 1.60. The van der Waals surface area contributed by atoms with E-state index in [0.717, 1.165) is 38.8 Å². The number of likely N-dealkylation sites (tertiary alicyclic amines) is 1. The Balaban J connectivity index is 0.000000143. The fourth-order valence-corrected chi connectivity index (χ4v) is 14.7. The van der Waals surface area contributed by atoms with Crippen molar-refractivity contribution in [2.45, 2.75) is 57.5 Å². The highest BCUT2D eigenvalue weighted by atomic mass is 16.5. The predicted molar refractivity (Wildman–Crippen MR) is 472 cm³/mol. The van der Waals surface area contributed by atoms with Crippen LogP contribution in [0, 0.1) is 12.5 Å². The van der Waals surface area contributed by atoms with Gasteiger partial charge in [0.2, 0.25) is 17.5 Å². The Labute approximate surface area is 706 Å². The molecule has 31 heteroatoms. The number of nitrogen functional groups attached to an aromatic ring is 3. The Kier molecular flexibility index (Phi) is 25.6. The maximum Gasteiger partial charge on any atom is 0.339 e. The summed E-state index contributed by atoms with van der Waals surface area (Å²) < 4.78 is 32.1. The van der Waals surface area contributed by atoms with Gasteiger partial charge in [-0.2, -0.15) is 0 Å². The largest absolute Gasteiger partial charge is 0.457 e. The Morgan fingerprint density at radius 2 is 0.943 bits per heavy atom. The van der Waals surface area contributed by atoms with Crippen LogP contribution in [-0.4, -0.2) is 156 Å². The van der Waals surface area contributed by atoms with Crippen molar-refractivity contribution < 1.29 is 33.3 Å². The highest BCUT2D eigenvalue weighted by Gasteiger charge is 2.33. The number of nitrogens with one attached hydrogen (secondary N) is 2. The number of piperidine rings is 1. The van der Waals surface area contributed by atoms with Crippen LogP contribution in [0.5, 0.6) is 34.5 Å². The first kappa shape index (κ1) is 82.7. The topological polar surface area (TPSA) is 362 Å². The highest BCUT2D eigenvalue weighted by molar-refractivity contribution is 6.00. The molecule has 1 aliphatic carbocycles. The molecule has 3 amide bonds. The number of ether oxygens (including phenoxy) is 4. The number of fused-ring (bicyclic) bond motifs is 3. The van der Waals surface area contributed by atoms with Gasteiger partial charge in [-0.1, -0.05) is 91.9 Å². The lowest BCUT2D eigenvalue weighted by Crippen LogP contribution is -2.43. The molecular weight excluding hydrogens is 1560 g/mol. The summed E-state index contributed by atoms with van der Waals surface area (Å²) in [4.78, 5) is 115. The minimum Gasteiger partial charge on any atom is -0.457 e. The normalized spacial score (nSPS) is 14.6. The lowest BCUT2D eigenvalue weighted by atomic mass is 10.0. The van der Waals surface area contributed by atoms with Crippen molar-refractivity contribution in [2.24, 2.45) is 5.92 Å². The van der Waals surface area contributed by atoms with Crippen LogP contribution in [0.1, 0.15) is 51.5 Å². The Morgan fingerprint density at radius 1 is 0.512 bits per heavy atom. The Bertz CT molecular complexity index is 6470. The minimum absolute atomic E-state index is 0.161. The number of hydrogen-bond donors (Lipinski definition) is 5. The molecule has 0 unspecified atom stereocenters. The van der Waals surface area contributed by atoms with E-state index in [1.165, 1.54) is 54.0 Å². The van der Waals surface area contributed by atoms with Crippen LogP contribution in [0.15, 0.2) is 282 Å². The van der Waals surface area contributed by atoms with Crippen LogP contribution >= 0.6 is 0 Å². The van der Waals surface area contributed by atoms with Gasteiger partial charge in [0, 0.05) is 62.4 Å². The van der Waals surface area contributed by atoms with Gasteiger partial charge in [-0.25, -0.2) is 58.3 Å². The summed E-state index contributed by atoms with van der Waals surface area (Å²) in [5.41, 5.74) is 24.0. The van der Waals surface area contributed by atoms with Gasteiger partial charge >= 0.3 is 17.1 Å². The van der Waals surface area contributed by atoms with Crippen molar-refractivity contribution in [1.29, 1.82) is 0 Å². The minimum atomic E-state index is -0.388. The molecule has 8 N–H and O–H groups in total. The zero-order valence-electron chi connectivity index (χ0n) is 67.7. The molecule has 0 bridgehead atoms. The number of likely N-dealkylation sites (N-methyl/N-ethyl adjacent to an activating group) is 2. The molecule has 8 aromatic carbocycles. The predicted octanol–water partition coefficient (Wildman–Crippen LogP) is 13.3. The smallest absolute Gasteiger partial charge is 0.339 e. The summed E-state index contributed by atoms with van der Waals surface area (Å²) in [6, 6.07) is 63.7. The van der Waals surface area contributed by atoms with E-state index in [0.29, 0.717) is 165 Å². The van der Waals surface area contributed by atoms with E-state index in [1.807, 2.05) is 117 Å². The number of para-hydroxylation sites is 3. The zero-order valence-corrected chi connectivity index (χ0v) is 67.7.